The molecule has 3 nitrogen and oxygen atoms in total. The van der Waals surface area contributed by atoms with Crippen molar-refractivity contribution < 1.29 is 0 Å². The zero-order chi connectivity index (χ0) is 15.2. The third-order valence-corrected chi connectivity index (χ3v) is 3.34. The molecule has 0 aliphatic rings. The van der Waals surface area contributed by atoms with Gasteiger partial charge in [-0.05, 0) is 55.9 Å². The Bertz CT molecular complexity index is 648. The lowest BCUT2D eigenvalue weighted by molar-refractivity contribution is 1.04. The monoisotopic (exact) mass is 317 g/mol. The van der Waals surface area contributed by atoms with Crippen LogP contribution in [0.15, 0.2) is 53.6 Å². The molecule has 0 bridgehead atoms. The molecule has 0 amide bonds. The van der Waals surface area contributed by atoms with Crippen LogP contribution in [0, 0.1) is 6.92 Å². The summed E-state index contributed by atoms with van der Waals surface area (Å²) < 4.78 is 0. The molecule has 5 heteroatoms. The molecule has 2 N–H and O–H groups in total. The summed E-state index contributed by atoms with van der Waals surface area (Å²) in [6.07, 6.45) is 0. The Kier molecular flexibility index (Phi) is 5.31. The molecule has 0 saturated carbocycles. The first-order valence-electron chi connectivity index (χ1n) is 6.48. The molecular formula is C16H16ClN3S. The summed E-state index contributed by atoms with van der Waals surface area (Å²) in [6.45, 7) is 3.95. The largest absolute Gasteiger partial charge is 0.331 e. The fraction of sp³-hybridized carbons (Fsp3) is 0.125. The number of halogens is 1. The van der Waals surface area contributed by atoms with Crippen LogP contribution in [0.2, 0.25) is 5.02 Å². The fourth-order valence-corrected chi connectivity index (χ4v) is 1.98. The topological polar surface area (TPSA) is 36.4 Å². The predicted molar refractivity (Wildman–Crippen MR) is 94.2 cm³/mol. The molecule has 0 aromatic heterocycles. The second-order valence-corrected chi connectivity index (χ2v) is 5.48. The summed E-state index contributed by atoms with van der Waals surface area (Å²) in [6, 6.07) is 15.5. The van der Waals surface area contributed by atoms with Gasteiger partial charge in [0.2, 0.25) is 0 Å². The summed E-state index contributed by atoms with van der Waals surface area (Å²) in [7, 11) is 0. The molecule has 0 atom stereocenters. The number of benzene rings is 2. The molecule has 108 valence electrons. The molecular weight excluding hydrogens is 302 g/mol. The number of hydrogen-bond acceptors (Lipinski definition) is 2. The number of rotatable bonds is 3. The van der Waals surface area contributed by atoms with Crippen molar-refractivity contribution in [3.8, 4) is 0 Å². The highest BCUT2D eigenvalue weighted by Gasteiger charge is 1.99. The van der Waals surface area contributed by atoms with Crippen LogP contribution < -0.4 is 10.7 Å². The Morgan fingerprint density at radius 1 is 1.05 bits per heavy atom. The van der Waals surface area contributed by atoms with E-state index in [2.05, 4.69) is 15.8 Å². The van der Waals surface area contributed by atoms with Crippen molar-refractivity contribution in [3.63, 3.8) is 0 Å². The molecule has 0 aliphatic carbocycles. The second kappa shape index (κ2) is 7.20. The van der Waals surface area contributed by atoms with Gasteiger partial charge in [0.15, 0.2) is 5.11 Å². The van der Waals surface area contributed by atoms with Crippen molar-refractivity contribution in [3.05, 3.63) is 64.7 Å². The van der Waals surface area contributed by atoms with E-state index in [1.54, 1.807) is 0 Å². The fourth-order valence-electron chi connectivity index (χ4n) is 1.69. The molecule has 0 radical (unpaired) electrons. The molecule has 2 aromatic rings. The van der Waals surface area contributed by atoms with Crippen LogP contribution in [0.5, 0.6) is 0 Å². The maximum atomic E-state index is 5.86. The van der Waals surface area contributed by atoms with E-state index in [0.29, 0.717) is 10.1 Å². The first-order valence-corrected chi connectivity index (χ1v) is 7.27. The third-order valence-electron chi connectivity index (χ3n) is 2.90. The van der Waals surface area contributed by atoms with Gasteiger partial charge in [-0.1, -0.05) is 41.4 Å². The van der Waals surface area contributed by atoms with E-state index in [-0.39, 0.29) is 0 Å². The van der Waals surface area contributed by atoms with Crippen LogP contribution in [-0.4, -0.2) is 10.8 Å². The average molecular weight is 318 g/mol. The van der Waals surface area contributed by atoms with Crippen molar-refractivity contribution in [1.29, 1.82) is 0 Å². The summed E-state index contributed by atoms with van der Waals surface area (Å²) in [5, 5.41) is 8.49. The van der Waals surface area contributed by atoms with Gasteiger partial charge >= 0.3 is 0 Å². The average Bonchev–Trinajstić information content (AvgIpc) is 2.48. The first-order chi connectivity index (χ1) is 10.0. The Morgan fingerprint density at radius 3 is 2.29 bits per heavy atom. The van der Waals surface area contributed by atoms with Gasteiger partial charge in [-0.25, -0.2) is 0 Å². The highest BCUT2D eigenvalue weighted by Crippen LogP contribution is 2.10. The molecule has 0 saturated heterocycles. The van der Waals surface area contributed by atoms with E-state index in [0.717, 1.165) is 17.0 Å². The van der Waals surface area contributed by atoms with Crippen molar-refractivity contribution in [1.82, 2.24) is 5.43 Å². The molecule has 0 unspecified atom stereocenters. The summed E-state index contributed by atoms with van der Waals surface area (Å²) in [4.78, 5) is 0. The van der Waals surface area contributed by atoms with E-state index in [1.807, 2.05) is 62.4 Å². The third kappa shape index (κ3) is 4.85. The van der Waals surface area contributed by atoms with E-state index >= 15 is 0 Å². The molecule has 0 aliphatic heterocycles. The Morgan fingerprint density at radius 2 is 1.67 bits per heavy atom. The minimum absolute atomic E-state index is 0.451. The van der Waals surface area contributed by atoms with Gasteiger partial charge in [-0.2, -0.15) is 5.10 Å². The zero-order valence-corrected chi connectivity index (χ0v) is 13.4. The summed E-state index contributed by atoms with van der Waals surface area (Å²) in [5.41, 5.74) is 6.79. The predicted octanol–water partition coefficient (Wildman–Crippen LogP) is 4.36. The van der Waals surface area contributed by atoms with Gasteiger partial charge < -0.3 is 5.32 Å². The number of nitrogens with zero attached hydrogens (tertiary/aromatic N) is 1. The molecule has 0 heterocycles. The SMILES string of the molecule is CC(=NNC(=S)Nc1ccc(C)cc1)c1ccc(Cl)cc1. The van der Waals surface area contributed by atoms with Gasteiger partial charge in [0, 0.05) is 10.7 Å². The van der Waals surface area contributed by atoms with Crippen LogP contribution in [0.3, 0.4) is 0 Å². The van der Waals surface area contributed by atoms with Crippen molar-refractivity contribution in [2.45, 2.75) is 13.8 Å². The quantitative estimate of drug-likeness (QED) is 0.502. The normalized spacial score (nSPS) is 11.1. The van der Waals surface area contributed by atoms with Crippen molar-refractivity contribution in [2.75, 3.05) is 5.32 Å². The van der Waals surface area contributed by atoms with Crippen LogP contribution in [0.25, 0.3) is 0 Å². The highest BCUT2D eigenvalue weighted by molar-refractivity contribution is 7.80. The number of thiocarbonyl (C=S) groups is 1. The van der Waals surface area contributed by atoms with Gasteiger partial charge in [0.1, 0.15) is 0 Å². The van der Waals surface area contributed by atoms with Crippen molar-refractivity contribution >= 4 is 40.3 Å². The molecule has 2 aromatic carbocycles. The van der Waals surface area contributed by atoms with Crippen molar-refractivity contribution in [2.24, 2.45) is 5.10 Å². The van der Waals surface area contributed by atoms with Gasteiger partial charge in [0.25, 0.3) is 0 Å². The number of hydrazone groups is 1. The number of anilines is 1. The summed E-state index contributed by atoms with van der Waals surface area (Å²) in [5.74, 6) is 0. The smallest absolute Gasteiger partial charge is 0.191 e. The Balaban J connectivity index is 1.94. The van der Waals surface area contributed by atoms with Crippen LogP contribution in [-0.2, 0) is 0 Å². The Hall–Kier alpha value is -1.91. The maximum absolute atomic E-state index is 5.86. The van der Waals surface area contributed by atoms with Crippen LogP contribution in [0.4, 0.5) is 5.69 Å². The first kappa shape index (κ1) is 15.5. The van der Waals surface area contributed by atoms with E-state index < -0.39 is 0 Å². The lowest BCUT2D eigenvalue weighted by Gasteiger charge is -2.08. The standard InChI is InChI=1S/C16H16ClN3S/c1-11-3-9-15(10-4-11)18-16(21)20-19-12(2)13-5-7-14(17)8-6-13/h3-10H,1-2H3,(H2,18,20,21). The summed E-state index contributed by atoms with van der Waals surface area (Å²) >= 11 is 11.1. The molecule has 0 spiro atoms. The Labute approximate surface area is 135 Å². The number of nitrogens with one attached hydrogen (secondary N) is 2. The van der Waals surface area contributed by atoms with E-state index in [1.165, 1.54) is 5.56 Å². The second-order valence-electron chi connectivity index (χ2n) is 4.64. The van der Waals surface area contributed by atoms with Crippen LogP contribution in [0.1, 0.15) is 18.1 Å². The van der Waals surface area contributed by atoms with Gasteiger partial charge in [0.05, 0.1) is 5.71 Å². The lowest BCUT2D eigenvalue weighted by Crippen LogP contribution is -2.24. The van der Waals surface area contributed by atoms with E-state index in [9.17, 15) is 0 Å². The lowest BCUT2D eigenvalue weighted by atomic mass is 10.1. The van der Waals surface area contributed by atoms with E-state index in [4.69, 9.17) is 23.8 Å². The van der Waals surface area contributed by atoms with Gasteiger partial charge in [-0.3, -0.25) is 5.43 Å². The van der Waals surface area contributed by atoms with Crippen LogP contribution >= 0.6 is 23.8 Å². The minimum Gasteiger partial charge on any atom is -0.331 e. The molecule has 21 heavy (non-hydrogen) atoms. The molecule has 2 rings (SSSR count). The number of hydrogen-bond donors (Lipinski definition) is 2. The zero-order valence-electron chi connectivity index (χ0n) is 11.9. The maximum Gasteiger partial charge on any atom is 0.191 e. The van der Waals surface area contributed by atoms with Gasteiger partial charge in [-0.15, -0.1) is 0 Å². The minimum atomic E-state index is 0.451. The highest BCUT2D eigenvalue weighted by atomic mass is 35.5. The molecule has 0 fully saturated rings. The number of aryl methyl sites for hydroxylation is 1.